The van der Waals surface area contributed by atoms with Crippen molar-refractivity contribution in [1.82, 2.24) is 0 Å². The third kappa shape index (κ3) is 9.34. The summed E-state index contributed by atoms with van der Waals surface area (Å²) in [5.41, 5.74) is 4.99. The summed E-state index contributed by atoms with van der Waals surface area (Å²) in [7, 11) is 0. The van der Waals surface area contributed by atoms with Crippen molar-refractivity contribution < 1.29 is 61.0 Å². The fraction of sp³-hybridized carbons (Fsp3) is 0.917. The smallest absolute Gasteiger partial charge is 0.335 e. The fourth-order valence-corrected chi connectivity index (χ4v) is 1.37. The fourth-order valence-electron chi connectivity index (χ4n) is 1.37. The van der Waals surface area contributed by atoms with Gasteiger partial charge in [0.1, 0.15) is 36.6 Å². The number of aliphatic hydroxyl groups excluding tert-OH is 10. The van der Waals surface area contributed by atoms with Gasteiger partial charge in [-0.3, -0.25) is 0 Å². The lowest BCUT2D eigenvalue weighted by Crippen LogP contribution is -2.48. The molecule has 0 saturated heterocycles. The predicted octanol–water partition coefficient (Wildman–Crippen LogP) is -7.11. The molecule has 0 rings (SSSR count). The normalized spacial score (nSPS) is 20.9. The minimum Gasteiger partial charge on any atom is -0.479 e. The van der Waals surface area contributed by atoms with E-state index in [-0.39, 0.29) is 6.54 Å². The molecule has 0 bridgehead atoms. The molecule has 0 aromatic carbocycles. The minimum absolute atomic E-state index is 0.226. The van der Waals surface area contributed by atoms with Gasteiger partial charge in [0.15, 0.2) is 6.10 Å². The molecule has 0 aliphatic carbocycles. The lowest BCUT2D eigenvalue weighted by Gasteiger charge is -2.24. The first-order valence-electron chi connectivity index (χ1n) is 7.05. The zero-order valence-corrected chi connectivity index (χ0v) is 13.1. The molecule has 0 unspecified atom stereocenters. The first-order chi connectivity index (χ1) is 11.5. The highest BCUT2D eigenvalue weighted by molar-refractivity contribution is 5.72. The van der Waals surface area contributed by atoms with Crippen LogP contribution in [-0.2, 0) is 4.79 Å². The highest BCUT2D eigenvalue weighted by Crippen LogP contribution is 2.05. The second-order valence-electron chi connectivity index (χ2n) is 5.05. The predicted molar refractivity (Wildman–Crippen MR) is 78.9 cm³/mol. The van der Waals surface area contributed by atoms with Crippen molar-refractivity contribution in [2.75, 3.05) is 19.8 Å². The van der Waals surface area contributed by atoms with Crippen molar-refractivity contribution in [3.8, 4) is 0 Å². The van der Waals surface area contributed by atoms with E-state index in [9.17, 15) is 4.79 Å². The summed E-state index contributed by atoms with van der Waals surface area (Å²) in [5.74, 6) is -1.73. The van der Waals surface area contributed by atoms with Crippen LogP contribution in [0.15, 0.2) is 0 Å². The van der Waals surface area contributed by atoms with Gasteiger partial charge in [-0.1, -0.05) is 0 Å². The van der Waals surface area contributed by atoms with E-state index in [4.69, 9.17) is 61.9 Å². The molecule has 25 heavy (non-hydrogen) atoms. The quantitative estimate of drug-likeness (QED) is 0.169. The second-order valence-corrected chi connectivity index (χ2v) is 5.05. The lowest BCUT2D eigenvalue weighted by atomic mass is 10.0. The minimum atomic E-state index is -2.20. The number of hydrogen-bond donors (Lipinski definition) is 12. The van der Waals surface area contributed by atoms with E-state index in [1.165, 1.54) is 0 Å². The van der Waals surface area contributed by atoms with Gasteiger partial charge in [0.25, 0.3) is 0 Å². The van der Waals surface area contributed by atoms with Crippen LogP contribution in [0.2, 0.25) is 0 Å². The molecule has 13 heteroatoms. The first kappa shape index (κ1) is 26.3. The van der Waals surface area contributed by atoms with E-state index < -0.39 is 68.0 Å². The zero-order chi connectivity index (χ0) is 20.3. The van der Waals surface area contributed by atoms with Crippen LogP contribution in [0.4, 0.5) is 0 Å². The summed E-state index contributed by atoms with van der Waals surface area (Å²) in [6.45, 7) is -1.75. The second kappa shape index (κ2) is 13.3. The molecule has 0 radical (unpaired) electrons. The number of hydrogen-bond acceptors (Lipinski definition) is 12. The number of carbonyl (C=O) groups is 1. The van der Waals surface area contributed by atoms with E-state index in [0.717, 1.165) is 0 Å². The molecule has 0 aliphatic rings. The molecular formula is C12H27NO12. The number of carboxylic acid groups (broad SMARTS) is 1. The maximum atomic E-state index is 10.1. The standard InChI is InChI=1S/C6H15NO5.C6H12O7/c7-1-3(9)5(11)6(12)4(10)2-8;7-1-2(8)3(9)4(10)5(11)6(12)13/h3-6,8-12H,1-2,7H2;2-5,7-11H,1H2,(H,12,13)/t3-,4+,5+,6+;2-,3+,4-,5-/m01/s1. The van der Waals surface area contributed by atoms with Crippen LogP contribution in [0.3, 0.4) is 0 Å². The Morgan fingerprint density at radius 1 is 0.680 bits per heavy atom. The average molecular weight is 377 g/mol. The molecule has 0 aromatic rings. The van der Waals surface area contributed by atoms with Gasteiger partial charge in [0.05, 0.1) is 19.3 Å². The van der Waals surface area contributed by atoms with Gasteiger partial charge in [-0.15, -0.1) is 0 Å². The molecule has 0 fully saturated rings. The van der Waals surface area contributed by atoms with Gasteiger partial charge in [0.2, 0.25) is 0 Å². The molecule has 0 saturated carbocycles. The molecule has 0 aromatic heterocycles. The van der Waals surface area contributed by atoms with E-state index in [0.29, 0.717) is 0 Å². The van der Waals surface area contributed by atoms with E-state index in [1.807, 2.05) is 0 Å². The Hall–Kier alpha value is -0.970. The Labute approximate surface area is 142 Å². The van der Waals surface area contributed by atoms with Gasteiger partial charge in [-0.05, 0) is 0 Å². The van der Waals surface area contributed by atoms with Gasteiger partial charge < -0.3 is 61.9 Å². The summed E-state index contributed by atoms with van der Waals surface area (Å²) in [6, 6.07) is 0. The Morgan fingerprint density at radius 3 is 1.28 bits per heavy atom. The van der Waals surface area contributed by atoms with Gasteiger partial charge in [-0.25, -0.2) is 4.79 Å². The highest BCUT2D eigenvalue weighted by Gasteiger charge is 2.33. The number of carboxylic acids is 1. The largest absolute Gasteiger partial charge is 0.479 e. The molecule has 0 heterocycles. The Bertz CT molecular complexity index is 345. The Kier molecular flexibility index (Phi) is 13.9. The van der Waals surface area contributed by atoms with Crippen LogP contribution in [0, 0.1) is 0 Å². The van der Waals surface area contributed by atoms with Crippen LogP contribution in [0.5, 0.6) is 0 Å². The lowest BCUT2D eigenvalue weighted by molar-refractivity contribution is -0.164. The summed E-state index contributed by atoms with van der Waals surface area (Å²) < 4.78 is 0. The topological polar surface area (TPSA) is 266 Å². The third-order valence-corrected chi connectivity index (χ3v) is 3.07. The maximum Gasteiger partial charge on any atom is 0.335 e. The zero-order valence-electron chi connectivity index (χ0n) is 13.1. The summed E-state index contributed by atoms with van der Waals surface area (Å²) >= 11 is 0. The van der Waals surface area contributed by atoms with E-state index in [1.54, 1.807) is 0 Å². The highest BCUT2D eigenvalue weighted by atomic mass is 16.4. The Balaban J connectivity index is 0. The molecule has 13 N–H and O–H groups in total. The number of aliphatic hydroxyl groups is 10. The molecular weight excluding hydrogens is 350 g/mol. The molecule has 8 atom stereocenters. The van der Waals surface area contributed by atoms with Crippen LogP contribution in [0.25, 0.3) is 0 Å². The van der Waals surface area contributed by atoms with Gasteiger partial charge in [0, 0.05) is 6.54 Å². The molecule has 13 nitrogen and oxygen atoms in total. The molecule has 0 aliphatic heterocycles. The van der Waals surface area contributed by atoms with Gasteiger partial charge >= 0.3 is 5.97 Å². The summed E-state index contributed by atoms with van der Waals surface area (Å²) in [4.78, 5) is 10.1. The monoisotopic (exact) mass is 377 g/mol. The SMILES string of the molecule is NC[C@H](O)[C@@H](O)[C@H](O)[C@H](O)CO.O=C(O)[C@H](O)[C@H](O)[C@@H](O)[C@H](O)CO. The van der Waals surface area contributed by atoms with Crippen LogP contribution in [0.1, 0.15) is 0 Å². The number of aliphatic carboxylic acids is 1. The molecule has 0 amide bonds. The summed E-state index contributed by atoms with van der Waals surface area (Å²) in [5, 5.41) is 96.0. The van der Waals surface area contributed by atoms with Gasteiger partial charge in [-0.2, -0.15) is 0 Å². The third-order valence-electron chi connectivity index (χ3n) is 3.07. The number of nitrogens with two attached hydrogens (primary N) is 1. The number of rotatable bonds is 10. The van der Waals surface area contributed by atoms with Crippen molar-refractivity contribution in [2.24, 2.45) is 5.73 Å². The summed E-state index contributed by atoms with van der Waals surface area (Å²) in [6.07, 6.45) is -13.7. The van der Waals surface area contributed by atoms with Crippen molar-refractivity contribution >= 4 is 5.97 Å². The Morgan fingerprint density at radius 2 is 1.00 bits per heavy atom. The van der Waals surface area contributed by atoms with E-state index >= 15 is 0 Å². The van der Waals surface area contributed by atoms with E-state index in [2.05, 4.69) is 0 Å². The van der Waals surface area contributed by atoms with Crippen molar-refractivity contribution in [2.45, 2.75) is 48.8 Å². The maximum absolute atomic E-state index is 10.1. The average Bonchev–Trinajstić information content (AvgIpc) is 2.62. The van der Waals surface area contributed by atoms with Crippen LogP contribution >= 0.6 is 0 Å². The van der Waals surface area contributed by atoms with Crippen LogP contribution in [-0.4, -0.2) is 131 Å². The first-order valence-corrected chi connectivity index (χ1v) is 7.05. The van der Waals surface area contributed by atoms with Crippen molar-refractivity contribution in [3.05, 3.63) is 0 Å². The van der Waals surface area contributed by atoms with Crippen molar-refractivity contribution in [3.63, 3.8) is 0 Å². The molecule has 0 spiro atoms. The van der Waals surface area contributed by atoms with Crippen LogP contribution < -0.4 is 5.73 Å². The van der Waals surface area contributed by atoms with Crippen molar-refractivity contribution in [1.29, 1.82) is 0 Å². The molecule has 152 valence electrons.